The van der Waals surface area contributed by atoms with Crippen LogP contribution in [0.3, 0.4) is 0 Å². The molecule has 4 nitrogen and oxygen atoms in total. The molecule has 0 radical (unpaired) electrons. The number of Topliss-reactive ketones (excluding diaryl/α,β-unsaturated/α-hetero) is 1. The number of nitrogens with zero attached hydrogens (tertiary/aromatic N) is 3. The fourth-order valence-corrected chi connectivity index (χ4v) is 4.52. The van der Waals surface area contributed by atoms with E-state index in [4.69, 9.17) is 0 Å². The number of nitriles is 2. The third kappa shape index (κ3) is 3.69. The molecule has 1 aliphatic rings. The molecule has 1 aliphatic heterocycles. The van der Waals surface area contributed by atoms with Gasteiger partial charge in [-0.1, -0.05) is 56.3 Å². The van der Waals surface area contributed by atoms with E-state index in [9.17, 15) is 15.3 Å². The summed E-state index contributed by atoms with van der Waals surface area (Å²) in [5, 5.41) is 18.4. The molecule has 0 amide bonds. The summed E-state index contributed by atoms with van der Waals surface area (Å²) in [6.45, 7) is 4.01. The number of hydrogen-bond acceptors (Lipinski definition) is 4. The summed E-state index contributed by atoms with van der Waals surface area (Å²) in [6.07, 6.45) is 0.389. The largest absolute Gasteiger partial charge is 0.356 e. The Hall–Kier alpha value is -3.89. The third-order valence-corrected chi connectivity index (χ3v) is 6.23. The second-order valence-corrected chi connectivity index (χ2v) is 8.48. The molecule has 0 spiro atoms. The molecule has 3 aromatic carbocycles. The Morgan fingerprint density at radius 2 is 1.32 bits per heavy atom. The smallest absolute Gasteiger partial charge is 0.143 e. The standard InChI is InChI=1S/C27H23N3O/c1-27(2)25(31)16-24(21-12-8-19(17-28)9-13-21)30(23-6-4-3-5-7-23)26(27)22-14-10-20(18-29)11-15-22/h3-15,24,26H,16H2,1-2H3/t24-,26-/m1/s1. The molecule has 2 atom stereocenters. The summed E-state index contributed by atoms with van der Waals surface area (Å²) in [4.78, 5) is 15.7. The molecule has 3 aromatic rings. The van der Waals surface area contributed by atoms with Crippen LogP contribution in [0.25, 0.3) is 0 Å². The number of carbonyl (C=O) groups is 1. The van der Waals surface area contributed by atoms with E-state index in [1.54, 1.807) is 12.1 Å². The van der Waals surface area contributed by atoms with Gasteiger partial charge in [-0.05, 0) is 47.5 Å². The van der Waals surface area contributed by atoms with Crippen molar-refractivity contribution in [2.24, 2.45) is 5.41 Å². The molecule has 4 rings (SSSR count). The van der Waals surface area contributed by atoms with Crippen LogP contribution in [0.2, 0.25) is 0 Å². The van der Waals surface area contributed by atoms with Gasteiger partial charge >= 0.3 is 0 Å². The third-order valence-electron chi connectivity index (χ3n) is 6.23. The van der Waals surface area contributed by atoms with Gasteiger partial charge in [-0.2, -0.15) is 10.5 Å². The number of benzene rings is 3. The lowest BCUT2D eigenvalue weighted by atomic mass is 9.69. The SMILES string of the molecule is CC1(C)C(=O)C[C@H](c2ccc(C#N)cc2)N(c2ccccc2)[C@@H]1c1ccc(C#N)cc1. The van der Waals surface area contributed by atoms with Gasteiger partial charge < -0.3 is 4.90 Å². The summed E-state index contributed by atoms with van der Waals surface area (Å²) in [5.74, 6) is 0.198. The predicted molar refractivity (Wildman–Crippen MR) is 120 cm³/mol. The van der Waals surface area contributed by atoms with Gasteiger partial charge in [-0.15, -0.1) is 0 Å². The van der Waals surface area contributed by atoms with Crippen LogP contribution >= 0.6 is 0 Å². The Labute approximate surface area is 183 Å². The van der Waals surface area contributed by atoms with Crippen molar-refractivity contribution >= 4 is 11.5 Å². The summed E-state index contributed by atoms with van der Waals surface area (Å²) in [6, 6.07) is 29.1. The van der Waals surface area contributed by atoms with Gasteiger partial charge in [0.05, 0.1) is 35.3 Å². The zero-order valence-corrected chi connectivity index (χ0v) is 17.6. The number of ketones is 1. The number of para-hydroxylation sites is 1. The molecule has 0 aromatic heterocycles. The maximum absolute atomic E-state index is 13.4. The van der Waals surface area contributed by atoms with Gasteiger partial charge in [0, 0.05) is 17.5 Å². The minimum absolute atomic E-state index is 0.156. The van der Waals surface area contributed by atoms with Crippen molar-refractivity contribution < 1.29 is 4.79 Å². The molecule has 1 fully saturated rings. The highest BCUT2D eigenvalue weighted by Gasteiger charge is 2.49. The molecule has 152 valence electrons. The maximum Gasteiger partial charge on any atom is 0.143 e. The topological polar surface area (TPSA) is 67.9 Å². The van der Waals surface area contributed by atoms with Crippen LogP contribution in [0.4, 0.5) is 5.69 Å². The normalized spacial score (nSPS) is 20.0. The average molecular weight is 406 g/mol. The highest BCUT2D eigenvalue weighted by Crippen LogP contribution is 2.51. The van der Waals surface area contributed by atoms with Crippen LogP contribution in [0.5, 0.6) is 0 Å². The summed E-state index contributed by atoms with van der Waals surface area (Å²) in [7, 11) is 0. The first kappa shape index (κ1) is 20.4. The van der Waals surface area contributed by atoms with Crippen LogP contribution in [0, 0.1) is 28.1 Å². The molecular formula is C27H23N3O. The molecule has 1 saturated heterocycles. The van der Waals surface area contributed by atoms with Crippen molar-refractivity contribution in [3.63, 3.8) is 0 Å². The quantitative estimate of drug-likeness (QED) is 0.559. The van der Waals surface area contributed by atoms with E-state index >= 15 is 0 Å². The molecular weight excluding hydrogens is 382 g/mol. The highest BCUT2D eigenvalue weighted by atomic mass is 16.1. The zero-order chi connectivity index (χ0) is 22.0. The van der Waals surface area contributed by atoms with Crippen LogP contribution in [0.1, 0.15) is 54.6 Å². The van der Waals surface area contributed by atoms with Crippen molar-refractivity contribution in [3.8, 4) is 12.1 Å². The van der Waals surface area contributed by atoms with E-state index in [0.717, 1.165) is 16.8 Å². The van der Waals surface area contributed by atoms with Gasteiger partial charge in [0.25, 0.3) is 0 Å². The number of anilines is 1. The van der Waals surface area contributed by atoms with Crippen molar-refractivity contribution in [2.75, 3.05) is 4.90 Å². The van der Waals surface area contributed by atoms with Crippen molar-refractivity contribution in [1.29, 1.82) is 10.5 Å². The Bertz CT molecular complexity index is 1170. The van der Waals surface area contributed by atoms with Gasteiger partial charge in [0.2, 0.25) is 0 Å². The van der Waals surface area contributed by atoms with E-state index < -0.39 is 5.41 Å². The first-order valence-electron chi connectivity index (χ1n) is 10.3. The Kier molecular flexibility index (Phi) is 5.32. The van der Waals surface area contributed by atoms with Crippen molar-refractivity contribution in [1.82, 2.24) is 0 Å². The minimum atomic E-state index is -0.618. The van der Waals surface area contributed by atoms with Crippen LogP contribution < -0.4 is 4.90 Å². The predicted octanol–water partition coefficient (Wildman–Crippen LogP) is 5.72. The Morgan fingerprint density at radius 1 is 0.806 bits per heavy atom. The Balaban J connectivity index is 1.90. The van der Waals surface area contributed by atoms with E-state index in [2.05, 4.69) is 29.2 Å². The number of carbonyl (C=O) groups excluding carboxylic acids is 1. The van der Waals surface area contributed by atoms with Crippen LogP contribution in [0.15, 0.2) is 78.9 Å². The molecule has 1 heterocycles. The number of rotatable bonds is 3. The van der Waals surface area contributed by atoms with Gasteiger partial charge in [0.15, 0.2) is 0 Å². The second-order valence-electron chi connectivity index (χ2n) is 8.48. The fourth-order valence-electron chi connectivity index (χ4n) is 4.52. The van der Waals surface area contributed by atoms with Crippen molar-refractivity contribution in [3.05, 3.63) is 101 Å². The monoisotopic (exact) mass is 405 g/mol. The first-order chi connectivity index (χ1) is 15.0. The minimum Gasteiger partial charge on any atom is -0.356 e. The lowest BCUT2D eigenvalue weighted by Gasteiger charge is -2.51. The first-order valence-corrected chi connectivity index (χ1v) is 10.3. The van der Waals surface area contributed by atoms with Gasteiger partial charge in [-0.3, -0.25) is 4.79 Å². The van der Waals surface area contributed by atoms with E-state index in [1.807, 2.05) is 68.4 Å². The maximum atomic E-state index is 13.4. The number of piperidine rings is 1. The van der Waals surface area contributed by atoms with E-state index in [1.165, 1.54) is 0 Å². The fraction of sp³-hybridized carbons (Fsp3) is 0.222. The summed E-state index contributed by atoms with van der Waals surface area (Å²) >= 11 is 0. The lowest BCUT2D eigenvalue weighted by Crippen LogP contribution is -2.50. The molecule has 31 heavy (non-hydrogen) atoms. The second kappa shape index (κ2) is 8.09. The van der Waals surface area contributed by atoms with E-state index in [0.29, 0.717) is 17.5 Å². The highest BCUT2D eigenvalue weighted by molar-refractivity contribution is 5.88. The Morgan fingerprint density at radius 3 is 1.84 bits per heavy atom. The molecule has 0 unspecified atom stereocenters. The van der Waals surface area contributed by atoms with Gasteiger partial charge in [0.1, 0.15) is 5.78 Å². The van der Waals surface area contributed by atoms with E-state index in [-0.39, 0.29) is 17.9 Å². The van der Waals surface area contributed by atoms with Crippen LogP contribution in [-0.2, 0) is 4.79 Å². The number of hydrogen-bond donors (Lipinski definition) is 0. The van der Waals surface area contributed by atoms with Crippen molar-refractivity contribution in [2.45, 2.75) is 32.4 Å². The lowest BCUT2D eigenvalue weighted by molar-refractivity contribution is -0.131. The van der Waals surface area contributed by atoms with Crippen LogP contribution in [-0.4, -0.2) is 5.78 Å². The van der Waals surface area contributed by atoms with Gasteiger partial charge in [-0.25, -0.2) is 0 Å². The summed E-state index contributed by atoms with van der Waals surface area (Å²) < 4.78 is 0. The molecule has 0 aliphatic carbocycles. The molecule has 0 N–H and O–H groups in total. The molecule has 0 bridgehead atoms. The summed E-state index contributed by atoms with van der Waals surface area (Å²) in [5.41, 5.74) is 3.61. The molecule has 4 heteroatoms. The average Bonchev–Trinajstić information content (AvgIpc) is 2.81. The zero-order valence-electron chi connectivity index (χ0n) is 17.6. The molecule has 0 saturated carbocycles.